The van der Waals surface area contributed by atoms with E-state index in [2.05, 4.69) is 5.32 Å². The second-order valence-corrected chi connectivity index (χ2v) is 5.17. The van der Waals surface area contributed by atoms with Crippen LogP contribution >= 0.6 is 12.4 Å². The molecule has 0 aliphatic heterocycles. The largest absolute Gasteiger partial charge is 0.461 e. The minimum atomic E-state index is -0.554. The Morgan fingerprint density at radius 3 is 2.57 bits per heavy atom. The van der Waals surface area contributed by atoms with Crippen LogP contribution in [0.25, 0.3) is 0 Å². The molecule has 0 saturated carbocycles. The van der Waals surface area contributed by atoms with Crippen LogP contribution in [-0.4, -0.2) is 29.1 Å². The number of anilines is 1. The van der Waals surface area contributed by atoms with Gasteiger partial charge in [0.1, 0.15) is 5.69 Å². The van der Waals surface area contributed by atoms with Crippen LogP contribution in [0, 0.1) is 5.92 Å². The molecule has 1 rings (SSSR count). The Balaban J connectivity index is 0.00000400. The molecule has 0 aromatic carbocycles. The van der Waals surface area contributed by atoms with Crippen LogP contribution in [0.3, 0.4) is 0 Å². The highest BCUT2D eigenvalue weighted by atomic mass is 35.5. The number of amides is 1. The average molecular weight is 318 g/mol. The monoisotopic (exact) mass is 317 g/mol. The zero-order valence-corrected chi connectivity index (χ0v) is 13.7. The second-order valence-electron chi connectivity index (χ2n) is 5.17. The first kappa shape index (κ1) is 19.5. The molecule has 1 atom stereocenters. The Kier molecular flexibility index (Phi) is 8.06. The lowest BCUT2D eigenvalue weighted by Gasteiger charge is -2.13. The van der Waals surface area contributed by atoms with Gasteiger partial charge in [-0.2, -0.15) is 0 Å². The van der Waals surface area contributed by atoms with Crippen LogP contribution < -0.4 is 11.1 Å². The molecular formula is C14H24ClN3O3. The van der Waals surface area contributed by atoms with E-state index in [1.165, 1.54) is 0 Å². The first-order valence-electron chi connectivity index (χ1n) is 6.75. The third-order valence-electron chi connectivity index (χ3n) is 2.82. The van der Waals surface area contributed by atoms with Gasteiger partial charge < -0.3 is 20.4 Å². The van der Waals surface area contributed by atoms with Crippen molar-refractivity contribution in [1.29, 1.82) is 0 Å². The van der Waals surface area contributed by atoms with Gasteiger partial charge in [0.2, 0.25) is 5.91 Å². The number of nitrogens with two attached hydrogens (primary N) is 1. The average Bonchev–Trinajstić information content (AvgIpc) is 2.69. The Bertz CT molecular complexity index is 486. The summed E-state index contributed by atoms with van der Waals surface area (Å²) in [6.45, 7) is 6.07. The number of ether oxygens (including phenoxy) is 1. The van der Waals surface area contributed by atoms with Gasteiger partial charge in [-0.15, -0.1) is 12.4 Å². The van der Waals surface area contributed by atoms with Crippen LogP contribution in [0.4, 0.5) is 5.69 Å². The van der Waals surface area contributed by atoms with Crippen molar-refractivity contribution in [3.8, 4) is 0 Å². The molecule has 3 N–H and O–H groups in total. The van der Waals surface area contributed by atoms with Gasteiger partial charge in [-0.1, -0.05) is 13.8 Å². The van der Waals surface area contributed by atoms with E-state index in [0.29, 0.717) is 30.3 Å². The van der Waals surface area contributed by atoms with Gasteiger partial charge >= 0.3 is 5.97 Å². The third kappa shape index (κ3) is 5.77. The Morgan fingerprint density at radius 1 is 1.43 bits per heavy atom. The second kappa shape index (κ2) is 8.69. The lowest BCUT2D eigenvalue weighted by Crippen LogP contribution is -2.36. The fourth-order valence-electron chi connectivity index (χ4n) is 1.89. The van der Waals surface area contributed by atoms with Crippen molar-refractivity contribution in [2.24, 2.45) is 18.7 Å². The standard InChI is InChI=1S/C14H23N3O3.ClH/c1-5-20-14(19)12-7-10(8-17(12)4)16-13(18)11(15)6-9(2)3;/h7-9,11H,5-6,15H2,1-4H3,(H,16,18);1H/t11-;/m0./s1. The predicted octanol–water partition coefficient (Wildman–Crippen LogP) is 1.94. The maximum absolute atomic E-state index is 11.9. The highest BCUT2D eigenvalue weighted by Crippen LogP contribution is 2.15. The number of hydrogen-bond donors (Lipinski definition) is 2. The van der Waals surface area contributed by atoms with E-state index in [1.54, 1.807) is 30.8 Å². The molecule has 0 aliphatic rings. The van der Waals surface area contributed by atoms with Gasteiger partial charge in [-0.25, -0.2) is 4.79 Å². The molecule has 6 nitrogen and oxygen atoms in total. The van der Waals surface area contributed by atoms with E-state index in [-0.39, 0.29) is 18.3 Å². The zero-order chi connectivity index (χ0) is 15.3. The highest BCUT2D eigenvalue weighted by molar-refractivity contribution is 5.96. The van der Waals surface area contributed by atoms with E-state index < -0.39 is 12.0 Å². The third-order valence-corrected chi connectivity index (χ3v) is 2.82. The molecule has 1 aromatic heterocycles. The van der Waals surface area contributed by atoms with Crippen molar-refractivity contribution in [2.75, 3.05) is 11.9 Å². The summed E-state index contributed by atoms with van der Waals surface area (Å²) in [5.74, 6) is -0.316. The highest BCUT2D eigenvalue weighted by Gasteiger charge is 2.18. The summed E-state index contributed by atoms with van der Waals surface area (Å²) in [7, 11) is 1.72. The number of rotatable bonds is 6. The number of aromatic nitrogens is 1. The molecule has 21 heavy (non-hydrogen) atoms. The lowest BCUT2D eigenvalue weighted by atomic mass is 10.0. The van der Waals surface area contributed by atoms with E-state index in [0.717, 1.165) is 0 Å². The van der Waals surface area contributed by atoms with Gasteiger partial charge in [-0.3, -0.25) is 4.79 Å². The van der Waals surface area contributed by atoms with Crippen LogP contribution in [0.15, 0.2) is 12.3 Å². The summed E-state index contributed by atoms with van der Waals surface area (Å²) >= 11 is 0. The summed E-state index contributed by atoms with van der Waals surface area (Å²) in [5.41, 5.74) is 6.74. The first-order chi connectivity index (χ1) is 9.35. The molecule has 0 radical (unpaired) electrons. The topological polar surface area (TPSA) is 86.3 Å². The number of hydrogen-bond acceptors (Lipinski definition) is 4. The van der Waals surface area contributed by atoms with Gasteiger partial charge in [0.15, 0.2) is 0 Å². The van der Waals surface area contributed by atoms with Crippen molar-refractivity contribution in [3.63, 3.8) is 0 Å². The molecule has 0 aliphatic carbocycles. The van der Waals surface area contributed by atoms with Crippen LogP contribution in [-0.2, 0) is 16.6 Å². The van der Waals surface area contributed by atoms with Crippen molar-refractivity contribution in [1.82, 2.24) is 4.57 Å². The minimum Gasteiger partial charge on any atom is -0.461 e. The normalized spacial score (nSPS) is 11.7. The molecule has 1 amide bonds. The van der Waals surface area contributed by atoms with Crippen LogP contribution in [0.1, 0.15) is 37.7 Å². The molecule has 0 unspecified atom stereocenters. The summed E-state index contributed by atoms with van der Waals surface area (Å²) in [6, 6.07) is 1.03. The fraction of sp³-hybridized carbons (Fsp3) is 0.571. The van der Waals surface area contributed by atoms with Crippen molar-refractivity contribution < 1.29 is 14.3 Å². The molecular weight excluding hydrogens is 294 g/mol. The number of esters is 1. The fourth-order valence-corrected chi connectivity index (χ4v) is 1.89. The smallest absolute Gasteiger partial charge is 0.355 e. The molecule has 0 spiro atoms. The molecule has 0 saturated heterocycles. The molecule has 0 bridgehead atoms. The molecule has 1 aromatic rings. The first-order valence-corrected chi connectivity index (χ1v) is 6.75. The molecule has 7 heteroatoms. The minimum absolute atomic E-state index is 0. The summed E-state index contributed by atoms with van der Waals surface area (Å²) in [6.07, 6.45) is 2.27. The predicted molar refractivity (Wildman–Crippen MR) is 84.7 cm³/mol. The van der Waals surface area contributed by atoms with Crippen LogP contribution in [0.5, 0.6) is 0 Å². The van der Waals surface area contributed by atoms with Crippen molar-refractivity contribution in [3.05, 3.63) is 18.0 Å². The van der Waals surface area contributed by atoms with Gasteiger partial charge in [-0.05, 0) is 25.3 Å². The van der Waals surface area contributed by atoms with E-state index in [4.69, 9.17) is 10.5 Å². The molecule has 120 valence electrons. The van der Waals surface area contributed by atoms with Crippen molar-refractivity contribution in [2.45, 2.75) is 33.2 Å². The Hall–Kier alpha value is -1.53. The maximum atomic E-state index is 11.9. The van der Waals surface area contributed by atoms with E-state index >= 15 is 0 Å². The number of nitrogens with zero attached hydrogens (tertiary/aromatic N) is 1. The van der Waals surface area contributed by atoms with E-state index in [1.807, 2.05) is 13.8 Å². The number of aryl methyl sites for hydroxylation is 1. The number of carbonyl (C=O) groups is 2. The molecule has 1 heterocycles. The van der Waals surface area contributed by atoms with Crippen molar-refractivity contribution >= 4 is 30.0 Å². The number of carbonyl (C=O) groups excluding carboxylic acids is 2. The lowest BCUT2D eigenvalue weighted by molar-refractivity contribution is -0.117. The summed E-state index contributed by atoms with van der Waals surface area (Å²) in [5, 5.41) is 2.71. The molecule has 0 fully saturated rings. The summed E-state index contributed by atoms with van der Waals surface area (Å²) < 4.78 is 6.54. The Morgan fingerprint density at radius 2 is 2.05 bits per heavy atom. The number of nitrogens with one attached hydrogen (secondary N) is 1. The van der Waals surface area contributed by atoms with Crippen LogP contribution in [0.2, 0.25) is 0 Å². The van der Waals surface area contributed by atoms with E-state index in [9.17, 15) is 9.59 Å². The quantitative estimate of drug-likeness (QED) is 0.785. The maximum Gasteiger partial charge on any atom is 0.355 e. The SMILES string of the molecule is CCOC(=O)c1cc(NC(=O)[C@@H](N)CC(C)C)cn1C.Cl. The summed E-state index contributed by atoms with van der Waals surface area (Å²) in [4.78, 5) is 23.6. The van der Waals surface area contributed by atoms with Gasteiger partial charge in [0, 0.05) is 13.2 Å². The van der Waals surface area contributed by atoms with Gasteiger partial charge in [0.25, 0.3) is 0 Å². The zero-order valence-electron chi connectivity index (χ0n) is 12.9. The van der Waals surface area contributed by atoms with Gasteiger partial charge in [0.05, 0.1) is 18.3 Å². The Labute approximate surface area is 131 Å². The number of halogens is 1.